The highest BCUT2D eigenvalue weighted by atomic mass is 35.5. The second-order valence-electron chi connectivity index (χ2n) is 6.91. The van der Waals surface area contributed by atoms with Crippen molar-refractivity contribution < 1.29 is 4.74 Å². The number of aromatic nitrogens is 6. The van der Waals surface area contributed by atoms with Crippen molar-refractivity contribution in [3.8, 4) is 11.3 Å². The lowest BCUT2D eigenvalue weighted by molar-refractivity contribution is 0.0615. The molecule has 1 saturated heterocycles. The molecule has 5 rings (SSSR count). The first kappa shape index (κ1) is 17.9. The van der Waals surface area contributed by atoms with Crippen molar-refractivity contribution in [2.75, 3.05) is 13.2 Å². The number of hydrogen-bond donors (Lipinski definition) is 1. The molecule has 0 bridgehead atoms. The van der Waals surface area contributed by atoms with E-state index in [-0.39, 0.29) is 12.4 Å². The maximum absolute atomic E-state index is 5.46. The summed E-state index contributed by atoms with van der Waals surface area (Å²) in [5.41, 5.74) is 5.38. The van der Waals surface area contributed by atoms with E-state index in [1.54, 1.807) is 6.20 Å². The first-order valence-corrected chi connectivity index (χ1v) is 8.98. The predicted octanol–water partition coefficient (Wildman–Crippen LogP) is 3.53. The molecule has 3 aromatic heterocycles. The lowest BCUT2D eigenvalue weighted by Gasteiger charge is -2.22. The number of imidazole rings is 2. The van der Waals surface area contributed by atoms with Gasteiger partial charge in [-0.3, -0.25) is 0 Å². The third kappa shape index (κ3) is 3.40. The number of fused-ring (bicyclic) bond motifs is 2. The van der Waals surface area contributed by atoms with Gasteiger partial charge in [-0.1, -0.05) is 6.07 Å². The zero-order chi connectivity index (χ0) is 17.5. The van der Waals surface area contributed by atoms with Crippen molar-refractivity contribution in [1.29, 1.82) is 0 Å². The molecule has 0 radical (unpaired) electrons. The molecule has 4 aromatic rings. The number of aromatic amines is 1. The summed E-state index contributed by atoms with van der Waals surface area (Å²) in [6.45, 7) is 4.56. The summed E-state index contributed by atoms with van der Waals surface area (Å²) in [5, 5.41) is 0. The van der Waals surface area contributed by atoms with Gasteiger partial charge in [-0.2, -0.15) is 0 Å². The van der Waals surface area contributed by atoms with Crippen LogP contribution in [0, 0.1) is 12.8 Å². The fourth-order valence-electron chi connectivity index (χ4n) is 3.61. The number of ether oxygens (including phenoxy) is 1. The van der Waals surface area contributed by atoms with Gasteiger partial charge in [0.2, 0.25) is 0 Å². The van der Waals surface area contributed by atoms with E-state index in [0.717, 1.165) is 66.4 Å². The maximum Gasteiger partial charge on any atom is 0.197 e. The van der Waals surface area contributed by atoms with Crippen LogP contribution in [0.5, 0.6) is 0 Å². The topological polar surface area (TPSA) is 81.5 Å². The van der Waals surface area contributed by atoms with Crippen LogP contribution in [0.4, 0.5) is 0 Å². The van der Waals surface area contributed by atoms with Gasteiger partial charge in [-0.15, -0.1) is 12.4 Å². The Morgan fingerprint density at radius 3 is 2.89 bits per heavy atom. The Morgan fingerprint density at radius 1 is 1.19 bits per heavy atom. The molecular weight excluding hydrogens is 364 g/mol. The monoisotopic (exact) mass is 384 g/mol. The van der Waals surface area contributed by atoms with Crippen LogP contribution in [0.15, 0.2) is 30.7 Å². The summed E-state index contributed by atoms with van der Waals surface area (Å²) in [4.78, 5) is 21.5. The van der Waals surface area contributed by atoms with Gasteiger partial charge in [0.1, 0.15) is 5.82 Å². The van der Waals surface area contributed by atoms with Crippen LogP contribution >= 0.6 is 12.4 Å². The van der Waals surface area contributed by atoms with Gasteiger partial charge in [0, 0.05) is 25.3 Å². The zero-order valence-electron chi connectivity index (χ0n) is 15.1. The summed E-state index contributed by atoms with van der Waals surface area (Å²) in [5.74, 6) is 1.52. The first-order chi connectivity index (χ1) is 12.8. The number of rotatable bonds is 3. The van der Waals surface area contributed by atoms with Gasteiger partial charge >= 0.3 is 0 Å². The third-order valence-electron chi connectivity index (χ3n) is 5.02. The van der Waals surface area contributed by atoms with Crippen molar-refractivity contribution in [2.24, 2.45) is 5.92 Å². The highest BCUT2D eigenvalue weighted by Crippen LogP contribution is 2.24. The van der Waals surface area contributed by atoms with E-state index in [9.17, 15) is 0 Å². The minimum atomic E-state index is 0. The molecule has 140 valence electrons. The quantitative estimate of drug-likeness (QED) is 0.584. The van der Waals surface area contributed by atoms with Crippen LogP contribution in [-0.4, -0.2) is 42.7 Å². The van der Waals surface area contributed by atoms with E-state index in [1.807, 2.05) is 25.4 Å². The second kappa shape index (κ2) is 7.25. The van der Waals surface area contributed by atoms with Gasteiger partial charge in [0.05, 0.1) is 29.3 Å². The number of aryl methyl sites for hydroxylation is 1. The molecule has 1 aliphatic rings. The summed E-state index contributed by atoms with van der Waals surface area (Å²) >= 11 is 0. The van der Waals surface area contributed by atoms with E-state index in [0.29, 0.717) is 11.6 Å². The molecule has 1 aromatic carbocycles. The molecule has 1 fully saturated rings. The molecule has 0 spiro atoms. The minimum Gasteiger partial charge on any atom is -0.381 e. The molecule has 1 N–H and O–H groups in total. The number of benzene rings is 1. The molecule has 0 atom stereocenters. The van der Waals surface area contributed by atoms with Gasteiger partial charge in [0.25, 0.3) is 0 Å². The Bertz CT molecular complexity index is 1080. The first-order valence-electron chi connectivity index (χ1n) is 8.98. The normalized spacial score (nSPS) is 15.3. The SMILES string of the molecule is Cc1nc2ccc(-c3cnc4ncn(CC5CCOCC5)c4n3)cc2[nH]1.Cl. The Labute approximate surface area is 162 Å². The maximum atomic E-state index is 5.46. The highest BCUT2D eigenvalue weighted by Gasteiger charge is 2.17. The Balaban J connectivity index is 0.00000180. The standard InChI is InChI=1S/C19H20N6O.ClH/c1-12-22-15-3-2-14(8-16(15)23-12)17-9-20-18-19(24-17)25(11-21-18)10-13-4-6-26-7-5-13;/h2-3,8-9,11,13H,4-7,10H2,1H3,(H,22,23);1H. The van der Waals surface area contributed by atoms with Crippen molar-refractivity contribution in [2.45, 2.75) is 26.3 Å². The van der Waals surface area contributed by atoms with E-state index in [1.165, 1.54) is 0 Å². The predicted molar refractivity (Wildman–Crippen MR) is 106 cm³/mol. The lowest BCUT2D eigenvalue weighted by Crippen LogP contribution is -2.20. The van der Waals surface area contributed by atoms with Crippen molar-refractivity contribution in [1.82, 2.24) is 29.5 Å². The Morgan fingerprint density at radius 2 is 2.04 bits per heavy atom. The molecule has 0 saturated carbocycles. The van der Waals surface area contributed by atoms with Crippen LogP contribution in [0.1, 0.15) is 18.7 Å². The molecule has 1 aliphatic heterocycles. The third-order valence-corrected chi connectivity index (χ3v) is 5.02. The zero-order valence-corrected chi connectivity index (χ0v) is 15.9. The van der Waals surface area contributed by atoms with Crippen LogP contribution < -0.4 is 0 Å². The fraction of sp³-hybridized carbons (Fsp3) is 0.368. The van der Waals surface area contributed by atoms with E-state index >= 15 is 0 Å². The van der Waals surface area contributed by atoms with Crippen LogP contribution in [-0.2, 0) is 11.3 Å². The van der Waals surface area contributed by atoms with Gasteiger partial charge in [-0.25, -0.2) is 19.9 Å². The van der Waals surface area contributed by atoms with Crippen molar-refractivity contribution in [3.63, 3.8) is 0 Å². The molecule has 8 heteroatoms. The molecular formula is C19H21ClN6O. The minimum absolute atomic E-state index is 0. The van der Waals surface area contributed by atoms with E-state index < -0.39 is 0 Å². The second-order valence-corrected chi connectivity index (χ2v) is 6.91. The number of halogens is 1. The number of nitrogens with one attached hydrogen (secondary N) is 1. The van der Waals surface area contributed by atoms with E-state index in [2.05, 4.69) is 30.6 Å². The summed E-state index contributed by atoms with van der Waals surface area (Å²) < 4.78 is 7.58. The fourth-order valence-corrected chi connectivity index (χ4v) is 3.61. The van der Waals surface area contributed by atoms with Gasteiger partial charge in [0.15, 0.2) is 11.3 Å². The largest absolute Gasteiger partial charge is 0.381 e. The van der Waals surface area contributed by atoms with Gasteiger partial charge in [-0.05, 0) is 37.8 Å². The summed E-state index contributed by atoms with van der Waals surface area (Å²) in [6.07, 6.45) is 5.81. The highest BCUT2D eigenvalue weighted by molar-refractivity contribution is 5.85. The summed E-state index contributed by atoms with van der Waals surface area (Å²) in [6, 6.07) is 6.13. The molecule has 0 unspecified atom stereocenters. The number of H-pyrrole nitrogens is 1. The van der Waals surface area contributed by atoms with Crippen molar-refractivity contribution >= 4 is 34.7 Å². The Kier molecular flexibility index (Phi) is 4.80. The molecule has 4 heterocycles. The lowest BCUT2D eigenvalue weighted by atomic mass is 10.0. The van der Waals surface area contributed by atoms with Crippen molar-refractivity contribution in [3.05, 3.63) is 36.5 Å². The molecule has 7 nitrogen and oxygen atoms in total. The number of hydrogen-bond acceptors (Lipinski definition) is 5. The average molecular weight is 385 g/mol. The van der Waals surface area contributed by atoms with Crippen LogP contribution in [0.25, 0.3) is 33.6 Å². The number of nitrogens with zero attached hydrogens (tertiary/aromatic N) is 5. The smallest absolute Gasteiger partial charge is 0.197 e. The summed E-state index contributed by atoms with van der Waals surface area (Å²) in [7, 11) is 0. The molecule has 0 amide bonds. The molecule has 27 heavy (non-hydrogen) atoms. The van der Waals surface area contributed by atoms with Gasteiger partial charge < -0.3 is 14.3 Å². The Hall–Kier alpha value is -2.51. The average Bonchev–Trinajstić information content (AvgIpc) is 3.24. The van der Waals surface area contributed by atoms with Crippen LogP contribution in [0.3, 0.4) is 0 Å². The van der Waals surface area contributed by atoms with E-state index in [4.69, 9.17) is 9.72 Å². The van der Waals surface area contributed by atoms with Crippen LogP contribution in [0.2, 0.25) is 0 Å². The molecule has 0 aliphatic carbocycles.